The van der Waals surface area contributed by atoms with Gasteiger partial charge in [-0.25, -0.2) is 8.42 Å². The molecule has 21 heavy (non-hydrogen) atoms. The van der Waals surface area contributed by atoms with E-state index in [2.05, 4.69) is 10.0 Å². The second-order valence-corrected chi connectivity index (χ2v) is 7.59. The van der Waals surface area contributed by atoms with Gasteiger partial charge >= 0.3 is 0 Å². The smallest absolute Gasteiger partial charge is 0.229 e. The van der Waals surface area contributed by atoms with E-state index in [1.54, 1.807) is 19.2 Å². The first-order valence-corrected chi connectivity index (χ1v) is 9.21. The molecule has 2 unspecified atom stereocenters. The number of benzene rings is 1. The average molecular weight is 333 g/mol. The van der Waals surface area contributed by atoms with Crippen molar-refractivity contribution < 1.29 is 13.2 Å². The van der Waals surface area contributed by atoms with E-state index in [4.69, 9.17) is 16.3 Å². The fourth-order valence-electron chi connectivity index (χ4n) is 2.61. The molecule has 0 saturated heterocycles. The van der Waals surface area contributed by atoms with Crippen LogP contribution >= 0.6 is 11.6 Å². The number of nitrogens with one attached hydrogen (secondary N) is 2. The van der Waals surface area contributed by atoms with E-state index < -0.39 is 10.0 Å². The summed E-state index contributed by atoms with van der Waals surface area (Å²) in [5.74, 6) is 0. The first kappa shape index (κ1) is 16.4. The van der Waals surface area contributed by atoms with Crippen molar-refractivity contribution >= 4 is 33.0 Å². The Morgan fingerprint density at radius 3 is 2.71 bits per heavy atom. The summed E-state index contributed by atoms with van der Waals surface area (Å²) in [6.45, 7) is 0. The summed E-state index contributed by atoms with van der Waals surface area (Å²) in [6.07, 6.45) is 5.71. The van der Waals surface area contributed by atoms with Crippen molar-refractivity contribution in [3.05, 3.63) is 23.2 Å². The topological polar surface area (TPSA) is 67.4 Å². The van der Waals surface area contributed by atoms with Gasteiger partial charge in [0.25, 0.3) is 0 Å². The number of anilines is 2. The maximum atomic E-state index is 11.2. The number of hydrogen-bond acceptors (Lipinski definition) is 4. The molecule has 118 valence electrons. The summed E-state index contributed by atoms with van der Waals surface area (Å²) < 4.78 is 30.3. The zero-order valence-electron chi connectivity index (χ0n) is 12.2. The highest BCUT2D eigenvalue weighted by Gasteiger charge is 2.21. The van der Waals surface area contributed by atoms with Crippen LogP contribution in [0.4, 0.5) is 11.4 Å². The van der Waals surface area contributed by atoms with Crippen molar-refractivity contribution in [1.29, 1.82) is 0 Å². The standard InChI is InChI=1S/C14H21ClN2O3S/c1-20-12-5-3-4-10(8-12)16-11-6-7-14(13(15)9-11)17-21(2,18)19/h6-7,9-10,12,16-17H,3-5,8H2,1-2H3. The number of ether oxygens (including phenoxy) is 1. The molecule has 0 aliphatic heterocycles. The van der Waals surface area contributed by atoms with Crippen molar-refractivity contribution in [3.8, 4) is 0 Å². The lowest BCUT2D eigenvalue weighted by molar-refractivity contribution is 0.0669. The van der Waals surface area contributed by atoms with Gasteiger partial charge in [0.2, 0.25) is 10.0 Å². The molecule has 1 aliphatic carbocycles. The lowest BCUT2D eigenvalue weighted by Crippen LogP contribution is -2.31. The Bertz CT molecular complexity index is 592. The van der Waals surface area contributed by atoms with Gasteiger partial charge in [-0.1, -0.05) is 11.6 Å². The quantitative estimate of drug-likeness (QED) is 0.869. The maximum absolute atomic E-state index is 11.2. The zero-order chi connectivity index (χ0) is 15.5. The zero-order valence-corrected chi connectivity index (χ0v) is 13.8. The Morgan fingerprint density at radius 1 is 1.33 bits per heavy atom. The first-order chi connectivity index (χ1) is 9.87. The molecule has 1 aliphatic rings. The summed E-state index contributed by atoms with van der Waals surface area (Å²) in [5, 5.41) is 3.81. The first-order valence-electron chi connectivity index (χ1n) is 6.94. The summed E-state index contributed by atoms with van der Waals surface area (Å²) >= 11 is 6.12. The van der Waals surface area contributed by atoms with Crippen molar-refractivity contribution in [2.45, 2.75) is 37.8 Å². The molecule has 0 amide bonds. The lowest BCUT2D eigenvalue weighted by atomic mass is 9.92. The maximum Gasteiger partial charge on any atom is 0.229 e. The van der Waals surface area contributed by atoms with Gasteiger partial charge in [-0.15, -0.1) is 0 Å². The van der Waals surface area contributed by atoms with Crippen LogP contribution < -0.4 is 10.0 Å². The molecule has 2 N–H and O–H groups in total. The van der Waals surface area contributed by atoms with Crippen molar-refractivity contribution in [2.75, 3.05) is 23.4 Å². The van der Waals surface area contributed by atoms with E-state index in [0.717, 1.165) is 37.6 Å². The average Bonchev–Trinajstić information content (AvgIpc) is 2.41. The van der Waals surface area contributed by atoms with Gasteiger partial charge in [-0.3, -0.25) is 4.72 Å². The van der Waals surface area contributed by atoms with Gasteiger partial charge in [0, 0.05) is 18.8 Å². The van der Waals surface area contributed by atoms with Crippen molar-refractivity contribution in [1.82, 2.24) is 0 Å². The van der Waals surface area contributed by atoms with Crippen LogP contribution in [0.15, 0.2) is 18.2 Å². The fourth-order valence-corrected chi connectivity index (χ4v) is 3.47. The SMILES string of the molecule is COC1CCCC(Nc2ccc(NS(C)(=O)=O)c(Cl)c2)C1. The van der Waals surface area contributed by atoms with Crippen molar-refractivity contribution in [3.63, 3.8) is 0 Å². The molecular formula is C14H21ClN2O3S. The third-order valence-electron chi connectivity index (χ3n) is 3.59. The Morgan fingerprint density at radius 2 is 2.10 bits per heavy atom. The highest BCUT2D eigenvalue weighted by Crippen LogP contribution is 2.29. The normalized spacial score (nSPS) is 22.8. The van der Waals surface area contributed by atoms with Crippen molar-refractivity contribution in [2.24, 2.45) is 0 Å². The minimum atomic E-state index is -3.32. The second kappa shape index (κ2) is 6.85. The van der Waals surface area contributed by atoms with Gasteiger partial charge in [0.15, 0.2) is 0 Å². The molecule has 0 spiro atoms. The third kappa shape index (κ3) is 5.05. The molecule has 1 aromatic carbocycles. The van der Waals surface area contributed by atoms with Crippen LogP contribution in [0, 0.1) is 0 Å². The molecule has 5 nitrogen and oxygen atoms in total. The van der Waals surface area contributed by atoms with E-state index in [1.165, 1.54) is 0 Å². The Kier molecular flexibility index (Phi) is 5.35. The predicted octanol–water partition coefficient (Wildman–Crippen LogP) is 3.08. The lowest BCUT2D eigenvalue weighted by Gasteiger charge is -2.29. The van der Waals surface area contributed by atoms with Crippen LogP contribution in [0.1, 0.15) is 25.7 Å². The van der Waals surface area contributed by atoms with Crippen LogP contribution in [-0.4, -0.2) is 33.9 Å². The fraction of sp³-hybridized carbons (Fsp3) is 0.571. The van der Waals surface area contributed by atoms with Crippen LogP contribution in [0.3, 0.4) is 0 Å². The molecule has 0 aromatic heterocycles. The number of halogens is 1. The van der Waals surface area contributed by atoms with Gasteiger partial charge in [0.05, 0.1) is 23.1 Å². The second-order valence-electron chi connectivity index (χ2n) is 5.43. The third-order valence-corrected chi connectivity index (χ3v) is 4.50. The molecule has 0 radical (unpaired) electrons. The highest BCUT2D eigenvalue weighted by atomic mass is 35.5. The molecule has 7 heteroatoms. The van der Waals surface area contributed by atoms with Gasteiger partial charge in [-0.05, 0) is 43.9 Å². The minimum Gasteiger partial charge on any atom is -0.382 e. The van der Waals surface area contributed by atoms with Crippen LogP contribution in [-0.2, 0) is 14.8 Å². The van der Waals surface area contributed by atoms with E-state index >= 15 is 0 Å². The van der Waals surface area contributed by atoms with Gasteiger partial charge < -0.3 is 10.1 Å². The molecule has 1 saturated carbocycles. The molecule has 2 atom stereocenters. The molecule has 2 rings (SSSR count). The summed E-state index contributed by atoms with van der Waals surface area (Å²) in [7, 11) is -1.58. The molecule has 0 heterocycles. The van der Waals surface area contributed by atoms with E-state index in [-0.39, 0.29) is 0 Å². The largest absolute Gasteiger partial charge is 0.382 e. The number of methoxy groups -OCH3 is 1. The minimum absolute atomic E-state index is 0.304. The number of hydrogen-bond donors (Lipinski definition) is 2. The molecule has 1 aromatic rings. The van der Waals surface area contributed by atoms with E-state index in [9.17, 15) is 8.42 Å². The Labute approximate surface area is 131 Å². The highest BCUT2D eigenvalue weighted by molar-refractivity contribution is 7.92. The van der Waals surface area contributed by atoms with E-state index in [0.29, 0.717) is 22.9 Å². The van der Waals surface area contributed by atoms with Crippen LogP contribution in [0.5, 0.6) is 0 Å². The number of sulfonamides is 1. The van der Waals surface area contributed by atoms with Gasteiger partial charge in [-0.2, -0.15) is 0 Å². The monoisotopic (exact) mass is 332 g/mol. The molecular weight excluding hydrogens is 312 g/mol. The summed E-state index contributed by atoms with van der Waals surface area (Å²) in [5.41, 5.74) is 1.28. The number of rotatable bonds is 5. The predicted molar refractivity (Wildman–Crippen MR) is 86.6 cm³/mol. The van der Waals surface area contributed by atoms with Gasteiger partial charge in [0.1, 0.15) is 0 Å². The summed E-state index contributed by atoms with van der Waals surface area (Å²) in [4.78, 5) is 0. The Balaban J connectivity index is 2.03. The van der Waals surface area contributed by atoms with Crippen LogP contribution in [0.25, 0.3) is 0 Å². The molecule has 1 fully saturated rings. The van der Waals surface area contributed by atoms with Crippen LogP contribution in [0.2, 0.25) is 5.02 Å². The molecule has 0 bridgehead atoms. The van der Waals surface area contributed by atoms with E-state index in [1.807, 2.05) is 6.07 Å². The summed E-state index contributed by atoms with van der Waals surface area (Å²) in [6, 6.07) is 5.59. The Hall–Kier alpha value is -0.980.